The van der Waals surface area contributed by atoms with Crippen LogP contribution in [0.4, 0.5) is 4.39 Å². The molecule has 0 aromatic heterocycles. The standard InChI is InChI=1S/C10H14FNO2/c1-2-14-10-4-3-8(5-9(10)11)6-12-7-13/h3-5,12-13H,2,6-7H2,1H3. The minimum atomic E-state index is -0.371. The van der Waals surface area contributed by atoms with E-state index in [1.807, 2.05) is 0 Å². The molecule has 1 aromatic carbocycles. The summed E-state index contributed by atoms with van der Waals surface area (Å²) in [6.45, 7) is 2.58. The van der Waals surface area contributed by atoms with E-state index in [1.165, 1.54) is 6.07 Å². The van der Waals surface area contributed by atoms with Crippen LogP contribution >= 0.6 is 0 Å². The third-order valence-corrected chi connectivity index (χ3v) is 1.74. The van der Waals surface area contributed by atoms with Gasteiger partial charge in [-0.25, -0.2) is 4.39 Å². The molecule has 3 nitrogen and oxygen atoms in total. The average Bonchev–Trinajstić information content (AvgIpc) is 2.19. The Bertz CT molecular complexity index is 291. The van der Waals surface area contributed by atoms with E-state index in [0.717, 1.165) is 5.56 Å². The highest BCUT2D eigenvalue weighted by molar-refractivity contribution is 5.29. The van der Waals surface area contributed by atoms with Gasteiger partial charge < -0.3 is 9.84 Å². The highest BCUT2D eigenvalue weighted by atomic mass is 19.1. The van der Waals surface area contributed by atoms with Crippen LogP contribution in [0.2, 0.25) is 0 Å². The third kappa shape index (κ3) is 2.97. The van der Waals surface area contributed by atoms with Crippen molar-refractivity contribution in [3.63, 3.8) is 0 Å². The van der Waals surface area contributed by atoms with Crippen LogP contribution in [-0.4, -0.2) is 18.4 Å². The maximum atomic E-state index is 13.2. The Hall–Kier alpha value is -1.13. The number of aliphatic hydroxyl groups excluding tert-OH is 1. The summed E-state index contributed by atoms with van der Waals surface area (Å²) in [5.74, 6) is -0.107. The maximum absolute atomic E-state index is 13.2. The van der Waals surface area contributed by atoms with Gasteiger partial charge in [0.2, 0.25) is 0 Å². The fraction of sp³-hybridized carbons (Fsp3) is 0.400. The maximum Gasteiger partial charge on any atom is 0.165 e. The van der Waals surface area contributed by atoms with Gasteiger partial charge in [0, 0.05) is 6.54 Å². The van der Waals surface area contributed by atoms with Gasteiger partial charge in [0.15, 0.2) is 11.6 Å². The Morgan fingerprint density at radius 1 is 1.50 bits per heavy atom. The average molecular weight is 199 g/mol. The first-order chi connectivity index (χ1) is 6.77. The van der Waals surface area contributed by atoms with Crippen LogP contribution in [0, 0.1) is 5.82 Å². The van der Waals surface area contributed by atoms with Crippen molar-refractivity contribution >= 4 is 0 Å². The van der Waals surface area contributed by atoms with Gasteiger partial charge in [0.05, 0.1) is 13.3 Å². The van der Waals surface area contributed by atoms with Gasteiger partial charge in [-0.1, -0.05) is 6.07 Å². The normalized spacial score (nSPS) is 10.2. The molecule has 0 aliphatic rings. The smallest absolute Gasteiger partial charge is 0.165 e. The van der Waals surface area contributed by atoms with Crippen molar-refractivity contribution in [2.24, 2.45) is 0 Å². The zero-order chi connectivity index (χ0) is 10.4. The van der Waals surface area contributed by atoms with Crippen molar-refractivity contribution in [2.45, 2.75) is 13.5 Å². The molecule has 0 heterocycles. The summed E-state index contributed by atoms with van der Waals surface area (Å²) >= 11 is 0. The Kier molecular flexibility index (Phi) is 4.35. The quantitative estimate of drug-likeness (QED) is 0.701. The van der Waals surface area contributed by atoms with Crippen LogP contribution in [0.1, 0.15) is 12.5 Å². The molecule has 0 amide bonds. The minimum absolute atomic E-state index is 0.116. The highest BCUT2D eigenvalue weighted by Gasteiger charge is 2.03. The zero-order valence-electron chi connectivity index (χ0n) is 8.09. The Morgan fingerprint density at radius 3 is 2.86 bits per heavy atom. The summed E-state index contributed by atoms with van der Waals surface area (Å²) in [7, 11) is 0. The topological polar surface area (TPSA) is 41.5 Å². The SMILES string of the molecule is CCOc1ccc(CNCO)cc1F. The first-order valence-corrected chi connectivity index (χ1v) is 4.50. The molecular weight excluding hydrogens is 185 g/mol. The van der Waals surface area contributed by atoms with Crippen molar-refractivity contribution < 1.29 is 14.2 Å². The molecule has 0 aliphatic heterocycles. The molecule has 0 saturated carbocycles. The summed E-state index contributed by atoms with van der Waals surface area (Å²) in [4.78, 5) is 0. The summed E-state index contributed by atoms with van der Waals surface area (Å²) in [5, 5.41) is 11.2. The largest absolute Gasteiger partial charge is 0.491 e. The summed E-state index contributed by atoms with van der Waals surface area (Å²) in [6.07, 6.45) is 0. The van der Waals surface area contributed by atoms with Crippen LogP contribution < -0.4 is 10.1 Å². The van der Waals surface area contributed by atoms with Crippen LogP contribution in [-0.2, 0) is 6.54 Å². The van der Waals surface area contributed by atoms with Gasteiger partial charge in [0.25, 0.3) is 0 Å². The lowest BCUT2D eigenvalue weighted by Gasteiger charge is -2.06. The van der Waals surface area contributed by atoms with Gasteiger partial charge in [-0.3, -0.25) is 5.32 Å². The molecule has 0 saturated heterocycles. The monoisotopic (exact) mass is 199 g/mol. The van der Waals surface area contributed by atoms with E-state index >= 15 is 0 Å². The van der Waals surface area contributed by atoms with E-state index in [2.05, 4.69) is 5.32 Å². The number of rotatable bonds is 5. The number of halogens is 1. The van der Waals surface area contributed by atoms with Crippen molar-refractivity contribution in [3.8, 4) is 5.75 Å². The van der Waals surface area contributed by atoms with Crippen LogP contribution in [0.25, 0.3) is 0 Å². The van der Waals surface area contributed by atoms with E-state index in [0.29, 0.717) is 13.2 Å². The van der Waals surface area contributed by atoms with Gasteiger partial charge in [-0.15, -0.1) is 0 Å². The molecule has 2 N–H and O–H groups in total. The molecule has 0 aliphatic carbocycles. The van der Waals surface area contributed by atoms with Crippen molar-refractivity contribution in [1.29, 1.82) is 0 Å². The van der Waals surface area contributed by atoms with E-state index in [1.54, 1.807) is 19.1 Å². The van der Waals surface area contributed by atoms with Gasteiger partial charge in [-0.05, 0) is 24.6 Å². The first-order valence-electron chi connectivity index (χ1n) is 4.50. The lowest BCUT2D eigenvalue weighted by molar-refractivity contribution is 0.259. The van der Waals surface area contributed by atoms with Crippen molar-refractivity contribution in [3.05, 3.63) is 29.6 Å². The highest BCUT2D eigenvalue weighted by Crippen LogP contribution is 2.17. The Labute approximate surface area is 82.5 Å². The van der Waals surface area contributed by atoms with Crippen LogP contribution in [0.3, 0.4) is 0 Å². The van der Waals surface area contributed by atoms with Crippen LogP contribution in [0.5, 0.6) is 5.75 Å². The van der Waals surface area contributed by atoms with Crippen LogP contribution in [0.15, 0.2) is 18.2 Å². The second-order valence-corrected chi connectivity index (χ2v) is 2.78. The Morgan fingerprint density at radius 2 is 2.29 bits per heavy atom. The fourth-order valence-electron chi connectivity index (χ4n) is 1.13. The summed E-state index contributed by atoms with van der Waals surface area (Å²) < 4.78 is 18.3. The van der Waals surface area contributed by atoms with Gasteiger partial charge >= 0.3 is 0 Å². The molecule has 1 rings (SSSR count). The van der Waals surface area contributed by atoms with Crippen molar-refractivity contribution in [1.82, 2.24) is 5.32 Å². The fourth-order valence-corrected chi connectivity index (χ4v) is 1.13. The lowest BCUT2D eigenvalue weighted by Crippen LogP contribution is -2.13. The molecule has 0 unspecified atom stereocenters. The van der Waals surface area contributed by atoms with E-state index in [-0.39, 0.29) is 18.3 Å². The molecule has 78 valence electrons. The predicted molar refractivity (Wildman–Crippen MR) is 51.5 cm³/mol. The van der Waals surface area contributed by atoms with E-state index in [4.69, 9.17) is 9.84 Å². The number of nitrogens with one attached hydrogen (secondary N) is 1. The second-order valence-electron chi connectivity index (χ2n) is 2.78. The minimum Gasteiger partial charge on any atom is -0.491 e. The second kappa shape index (κ2) is 5.57. The predicted octanol–water partition coefficient (Wildman–Crippen LogP) is 1.26. The molecule has 0 spiro atoms. The molecule has 1 aromatic rings. The molecule has 4 heteroatoms. The number of ether oxygens (including phenoxy) is 1. The summed E-state index contributed by atoms with van der Waals surface area (Å²) in [5.41, 5.74) is 0.778. The number of benzene rings is 1. The van der Waals surface area contributed by atoms with Gasteiger partial charge in [0.1, 0.15) is 0 Å². The molecule has 0 bridgehead atoms. The molecule has 0 radical (unpaired) electrons. The third-order valence-electron chi connectivity index (χ3n) is 1.74. The van der Waals surface area contributed by atoms with E-state index < -0.39 is 0 Å². The molecule has 0 atom stereocenters. The summed E-state index contributed by atoms with van der Waals surface area (Å²) in [6, 6.07) is 4.75. The lowest BCUT2D eigenvalue weighted by atomic mass is 10.2. The first kappa shape index (κ1) is 10.9. The van der Waals surface area contributed by atoms with Crippen molar-refractivity contribution in [2.75, 3.05) is 13.3 Å². The number of aliphatic hydroxyl groups is 1. The zero-order valence-corrected chi connectivity index (χ0v) is 8.09. The number of hydrogen-bond donors (Lipinski definition) is 2. The molecule has 14 heavy (non-hydrogen) atoms. The molecular formula is C10H14FNO2. The number of hydrogen-bond acceptors (Lipinski definition) is 3. The van der Waals surface area contributed by atoms with Gasteiger partial charge in [-0.2, -0.15) is 0 Å². The Balaban J connectivity index is 2.68. The van der Waals surface area contributed by atoms with E-state index in [9.17, 15) is 4.39 Å². The molecule has 0 fully saturated rings.